The van der Waals surface area contributed by atoms with E-state index in [1.807, 2.05) is 0 Å². The molecule has 0 amide bonds. The first-order chi connectivity index (χ1) is 12.1. The lowest BCUT2D eigenvalue weighted by Gasteiger charge is -2.06. The van der Waals surface area contributed by atoms with E-state index in [4.69, 9.17) is 27.9 Å². The number of ether oxygens (including phenoxy) is 1. The molecule has 3 aromatic rings. The first-order valence-corrected chi connectivity index (χ1v) is 9.36. The number of halogens is 2. The smallest absolute Gasteiger partial charge is 0.220 e. The Kier molecular flexibility index (Phi) is 4.50. The van der Waals surface area contributed by atoms with Crippen LogP contribution in [0.2, 0.25) is 10.0 Å². The summed E-state index contributed by atoms with van der Waals surface area (Å²) in [6.07, 6.45) is 3.08. The highest BCUT2D eigenvalue weighted by Gasteiger charge is 2.25. The maximum Gasteiger partial charge on any atom is 0.220 e. The predicted octanol–water partition coefficient (Wildman–Crippen LogP) is 5.94. The Hall–Kier alpha value is -1.88. The lowest BCUT2D eigenvalue weighted by Crippen LogP contribution is -2.03. The summed E-state index contributed by atoms with van der Waals surface area (Å²) in [7, 11) is 0. The van der Waals surface area contributed by atoms with E-state index in [0.29, 0.717) is 28.1 Å². The Morgan fingerprint density at radius 3 is 2.40 bits per heavy atom. The average Bonchev–Trinajstić information content (AvgIpc) is 3.24. The molecule has 2 aromatic heterocycles. The van der Waals surface area contributed by atoms with Crippen LogP contribution in [-0.2, 0) is 4.74 Å². The first kappa shape index (κ1) is 16.6. The summed E-state index contributed by atoms with van der Waals surface area (Å²) in [6, 6.07) is 12.7. The fraction of sp³-hybridized carbons (Fsp3) is 0.158. The molecule has 4 rings (SSSR count). The van der Waals surface area contributed by atoms with Crippen LogP contribution in [-0.4, -0.2) is 17.5 Å². The average molecular weight is 389 g/mol. The third-order valence-electron chi connectivity index (χ3n) is 4.04. The topological polar surface area (TPSA) is 34.5 Å². The third-order valence-corrected chi connectivity index (χ3v) is 5.66. The van der Waals surface area contributed by atoms with Crippen LogP contribution < -0.4 is 0 Å². The summed E-state index contributed by atoms with van der Waals surface area (Å²) in [5.74, 6) is 0.473. The molecule has 0 saturated carbocycles. The van der Waals surface area contributed by atoms with Gasteiger partial charge >= 0.3 is 0 Å². The molecule has 3 heterocycles. The van der Waals surface area contributed by atoms with Crippen molar-refractivity contribution in [2.45, 2.75) is 13.0 Å². The highest BCUT2D eigenvalue weighted by atomic mass is 35.5. The van der Waals surface area contributed by atoms with Crippen LogP contribution >= 0.6 is 34.5 Å². The van der Waals surface area contributed by atoms with Gasteiger partial charge in [0.1, 0.15) is 12.6 Å². The Bertz CT molecular complexity index is 930. The summed E-state index contributed by atoms with van der Waals surface area (Å²) in [5.41, 5.74) is 2.92. The van der Waals surface area contributed by atoms with Crippen molar-refractivity contribution >= 4 is 40.4 Å². The molecule has 6 heteroatoms. The van der Waals surface area contributed by atoms with Crippen LogP contribution in [0, 0.1) is 6.92 Å². The summed E-state index contributed by atoms with van der Waals surface area (Å²) in [6.45, 7) is 2.59. The van der Waals surface area contributed by atoms with Crippen LogP contribution in [0.1, 0.15) is 22.0 Å². The van der Waals surface area contributed by atoms with Crippen molar-refractivity contribution in [3.8, 4) is 10.4 Å². The lowest BCUT2D eigenvalue weighted by atomic mass is 10.1. The molecular formula is C19H14Cl2N2OS. The van der Waals surface area contributed by atoms with E-state index in [-0.39, 0.29) is 6.04 Å². The van der Waals surface area contributed by atoms with Crippen LogP contribution in [0.3, 0.4) is 0 Å². The number of thiophene rings is 1. The summed E-state index contributed by atoms with van der Waals surface area (Å²) in [4.78, 5) is 11.2. The maximum atomic E-state index is 6.19. The second-order valence-corrected chi connectivity index (χ2v) is 7.87. The molecule has 1 aliphatic heterocycles. The fourth-order valence-electron chi connectivity index (χ4n) is 2.76. The maximum absolute atomic E-state index is 6.19. The van der Waals surface area contributed by atoms with Gasteiger partial charge < -0.3 is 4.74 Å². The van der Waals surface area contributed by atoms with E-state index >= 15 is 0 Å². The number of aliphatic imine (C=N–C) groups is 1. The molecule has 0 bridgehead atoms. The Morgan fingerprint density at radius 1 is 1.04 bits per heavy atom. The molecule has 1 aliphatic rings. The molecule has 1 aromatic carbocycles. The van der Waals surface area contributed by atoms with Gasteiger partial charge in [-0.25, -0.2) is 4.99 Å². The summed E-state index contributed by atoms with van der Waals surface area (Å²) < 4.78 is 5.74. The summed E-state index contributed by atoms with van der Waals surface area (Å²) >= 11 is 14.2. The Morgan fingerprint density at radius 2 is 1.76 bits per heavy atom. The lowest BCUT2D eigenvalue weighted by molar-refractivity contribution is 0.320. The number of aromatic nitrogens is 1. The van der Waals surface area contributed by atoms with E-state index in [2.05, 4.69) is 53.3 Å². The number of hydrogen-bond acceptors (Lipinski definition) is 4. The van der Waals surface area contributed by atoms with E-state index < -0.39 is 0 Å². The Balaban J connectivity index is 1.60. The molecular weight excluding hydrogens is 375 g/mol. The number of benzene rings is 1. The van der Waals surface area contributed by atoms with Gasteiger partial charge in [0.2, 0.25) is 5.90 Å². The van der Waals surface area contributed by atoms with Gasteiger partial charge in [0, 0.05) is 22.1 Å². The molecule has 0 N–H and O–H groups in total. The highest BCUT2D eigenvalue weighted by Crippen LogP contribution is 2.33. The molecule has 126 valence electrons. The zero-order chi connectivity index (χ0) is 17.4. The van der Waals surface area contributed by atoms with Gasteiger partial charge in [0.15, 0.2) is 0 Å². The van der Waals surface area contributed by atoms with E-state index in [0.717, 1.165) is 5.56 Å². The van der Waals surface area contributed by atoms with Crippen molar-refractivity contribution in [1.82, 2.24) is 4.98 Å². The molecule has 3 nitrogen and oxygen atoms in total. The zero-order valence-corrected chi connectivity index (χ0v) is 15.7. The zero-order valence-electron chi connectivity index (χ0n) is 13.4. The second kappa shape index (κ2) is 6.79. The van der Waals surface area contributed by atoms with Crippen molar-refractivity contribution in [1.29, 1.82) is 0 Å². The van der Waals surface area contributed by atoms with Crippen molar-refractivity contribution in [3.05, 3.63) is 74.8 Å². The second-order valence-electron chi connectivity index (χ2n) is 5.77. The van der Waals surface area contributed by atoms with Gasteiger partial charge in [-0.05, 0) is 30.2 Å². The van der Waals surface area contributed by atoms with Crippen molar-refractivity contribution in [3.63, 3.8) is 0 Å². The molecule has 1 atom stereocenters. The quantitative estimate of drug-likeness (QED) is 0.555. The minimum Gasteiger partial charge on any atom is -0.475 e. The fourth-order valence-corrected chi connectivity index (χ4v) is 4.16. The van der Waals surface area contributed by atoms with Crippen molar-refractivity contribution in [2.24, 2.45) is 4.99 Å². The standard InChI is InChI=1S/C19H14Cl2N2OS/c1-11-2-7-17(25-11)13-5-3-12(4-6-13)16-10-24-19(23-16)18-14(20)8-22-9-15(18)21/h2-9,16H,10H2,1H3. The number of nitrogens with zero attached hydrogens (tertiary/aromatic N) is 2. The monoisotopic (exact) mass is 388 g/mol. The number of pyridine rings is 1. The minimum atomic E-state index is -0.0607. The molecule has 25 heavy (non-hydrogen) atoms. The van der Waals surface area contributed by atoms with Crippen molar-refractivity contribution in [2.75, 3.05) is 6.61 Å². The van der Waals surface area contributed by atoms with Crippen LogP contribution in [0.25, 0.3) is 10.4 Å². The van der Waals surface area contributed by atoms with Crippen LogP contribution in [0.4, 0.5) is 0 Å². The molecule has 0 saturated heterocycles. The molecule has 0 spiro atoms. The third kappa shape index (κ3) is 3.30. The van der Waals surface area contributed by atoms with Crippen LogP contribution in [0.15, 0.2) is 53.8 Å². The van der Waals surface area contributed by atoms with Gasteiger partial charge in [-0.2, -0.15) is 0 Å². The SMILES string of the molecule is Cc1ccc(-c2ccc(C3COC(c4c(Cl)cncc4Cl)=N3)cc2)s1. The van der Waals surface area contributed by atoms with E-state index in [1.165, 1.54) is 15.3 Å². The summed E-state index contributed by atoms with van der Waals surface area (Å²) in [5, 5.41) is 0.880. The van der Waals surface area contributed by atoms with Gasteiger partial charge in [-0.3, -0.25) is 4.98 Å². The van der Waals surface area contributed by atoms with Gasteiger partial charge in [-0.1, -0.05) is 47.5 Å². The minimum absolute atomic E-state index is 0.0607. The Labute approximate surface area is 159 Å². The molecule has 0 radical (unpaired) electrons. The van der Waals surface area contributed by atoms with Gasteiger partial charge in [0.25, 0.3) is 0 Å². The normalized spacial score (nSPS) is 16.6. The highest BCUT2D eigenvalue weighted by molar-refractivity contribution is 7.15. The van der Waals surface area contributed by atoms with Gasteiger partial charge in [-0.15, -0.1) is 11.3 Å². The molecule has 1 unspecified atom stereocenters. The molecule has 0 fully saturated rings. The van der Waals surface area contributed by atoms with E-state index in [9.17, 15) is 0 Å². The first-order valence-electron chi connectivity index (χ1n) is 7.78. The number of rotatable bonds is 3. The number of hydrogen-bond donors (Lipinski definition) is 0. The van der Waals surface area contributed by atoms with Gasteiger partial charge in [0.05, 0.1) is 15.6 Å². The number of aryl methyl sites for hydroxylation is 1. The largest absolute Gasteiger partial charge is 0.475 e. The van der Waals surface area contributed by atoms with Crippen molar-refractivity contribution < 1.29 is 4.74 Å². The van der Waals surface area contributed by atoms with Crippen LogP contribution in [0.5, 0.6) is 0 Å². The molecule has 0 aliphatic carbocycles. The predicted molar refractivity (Wildman–Crippen MR) is 104 cm³/mol. The van der Waals surface area contributed by atoms with E-state index in [1.54, 1.807) is 23.7 Å².